The van der Waals surface area contributed by atoms with Crippen LogP contribution in [0, 0.1) is 0 Å². The summed E-state index contributed by atoms with van der Waals surface area (Å²) in [5, 5.41) is 3.78. The summed E-state index contributed by atoms with van der Waals surface area (Å²) in [4.78, 5) is 2.64. The Labute approximate surface area is 125 Å². The molecule has 1 fully saturated rings. The van der Waals surface area contributed by atoms with Gasteiger partial charge in [0.15, 0.2) is 0 Å². The Kier molecular flexibility index (Phi) is 11.0. The second-order valence-corrected chi connectivity index (χ2v) is 6.82. The predicted octanol–water partition coefficient (Wildman–Crippen LogP) is 3.76. The van der Waals surface area contributed by atoms with Crippen molar-refractivity contribution in [2.24, 2.45) is 0 Å². The summed E-state index contributed by atoms with van der Waals surface area (Å²) < 4.78 is 0. The third-order valence-corrected chi connectivity index (χ3v) is 4.77. The highest BCUT2D eigenvalue weighted by molar-refractivity contribution is 7.98. The third kappa shape index (κ3) is 8.93. The highest BCUT2D eigenvalue weighted by Crippen LogP contribution is 2.11. The van der Waals surface area contributed by atoms with E-state index >= 15 is 0 Å². The van der Waals surface area contributed by atoms with Gasteiger partial charge in [0.2, 0.25) is 0 Å². The van der Waals surface area contributed by atoms with Gasteiger partial charge in [-0.2, -0.15) is 11.8 Å². The van der Waals surface area contributed by atoms with Crippen molar-refractivity contribution in [3.8, 4) is 0 Å². The Hall–Kier alpha value is 0.270. The summed E-state index contributed by atoms with van der Waals surface area (Å²) in [6.45, 7) is 7.44. The van der Waals surface area contributed by atoms with Crippen LogP contribution < -0.4 is 5.32 Å². The summed E-state index contributed by atoms with van der Waals surface area (Å²) >= 11 is 1.97. The van der Waals surface area contributed by atoms with Gasteiger partial charge in [-0.1, -0.05) is 19.8 Å². The van der Waals surface area contributed by atoms with Crippen LogP contribution in [0.4, 0.5) is 0 Å². The van der Waals surface area contributed by atoms with E-state index in [9.17, 15) is 0 Å². The van der Waals surface area contributed by atoms with E-state index in [0.29, 0.717) is 0 Å². The third-order valence-electron chi connectivity index (χ3n) is 4.07. The number of nitrogens with zero attached hydrogens (tertiary/aromatic N) is 1. The van der Waals surface area contributed by atoms with Crippen LogP contribution >= 0.6 is 11.8 Å². The first-order valence-corrected chi connectivity index (χ1v) is 9.71. The maximum Gasteiger partial charge on any atom is 0.00797 e. The molecule has 1 unspecified atom stereocenters. The van der Waals surface area contributed by atoms with Crippen molar-refractivity contribution < 1.29 is 0 Å². The van der Waals surface area contributed by atoms with Gasteiger partial charge in [0.1, 0.15) is 0 Å². The van der Waals surface area contributed by atoms with E-state index in [-0.39, 0.29) is 0 Å². The lowest BCUT2D eigenvalue weighted by molar-refractivity contribution is 0.282. The number of likely N-dealkylation sites (tertiary alicyclic amines) is 1. The standard InChI is InChI=1S/C16H34N2S/c1-3-12-18-13-8-9-16(10-14-18)17-11-6-4-5-7-15-19-2/h16-17H,3-15H2,1-2H3. The molecule has 0 radical (unpaired) electrons. The van der Waals surface area contributed by atoms with Crippen LogP contribution in [0.2, 0.25) is 0 Å². The van der Waals surface area contributed by atoms with Gasteiger partial charge < -0.3 is 10.2 Å². The summed E-state index contributed by atoms with van der Waals surface area (Å²) in [5.74, 6) is 1.34. The van der Waals surface area contributed by atoms with Gasteiger partial charge in [0.05, 0.1) is 0 Å². The number of hydrogen-bond donors (Lipinski definition) is 1. The molecule has 1 rings (SSSR count). The zero-order chi connectivity index (χ0) is 13.8. The quantitative estimate of drug-likeness (QED) is 0.616. The monoisotopic (exact) mass is 286 g/mol. The van der Waals surface area contributed by atoms with Gasteiger partial charge in [-0.3, -0.25) is 0 Å². The van der Waals surface area contributed by atoms with Crippen molar-refractivity contribution in [3.05, 3.63) is 0 Å². The molecule has 0 bridgehead atoms. The number of thioether (sulfide) groups is 1. The highest BCUT2D eigenvalue weighted by Gasteiger charge is 2.15. The van der Waals surface area contributed by atoms with Crippen LogP contribution in [-0.4, -0.2) is 49.1 Å². The molecule has 1 aliphatic rings. The molecule has 0 aromatic heterocycles. The summed E-state index contributed by atoms with van der Waals surface area (Å²) in [5.41, 5.74) is 0. The highest BCUT2D eigenvalue weighted by atomic mass is 32.2. The first-order chi connectivity index (χ1) is 9.36. The molecule has 2 nitrogen and oxygen atoms in total. The second-order valence-electron chi connectivity index (χ2n) is 5.83. The van der Waals surface area contributed by atoms with E-state index < -0.39 is 0 Å². The minimum atomic E-state index is 0.785. The van der Waals surface area contributed by atoms with E-state index in [4.69, 9.17) is 0 Å². The minimum Gasteiger partial charge on any atom is -0.314 e. The fourth-order valence-electron chi connectivity index (χ4n) is 2.93. The zero-order valence-corrected chi connectivity index (χ0v) is 13.9. The molecule has 0 aromatic rings. The Morgan fingerprint density at radius 3 is 2.74 bits per heavy atom. The molecular weight excluding hydrogens is 252 g/mol. The molecule has 0 amide bonds. The lowest BCUT2D eigenvalue weighted by atomic mass is 10.1. The van der Waals surface area contributed by atoms with Gasteiger partial charge in [-0.25, -0.2) is 0 Å². The summed E-state index contributed by atoms with van der Waals surface area (Å²) in [7, 11) is 0. The number of unbranched alkanes of at least 4 members (excludes halogenated alkanes) is 3. The fourth-order valence-corrected chi connectivity index (χ4v) is 3.42. The van der Waals surface area contributed by atoms with E-state index in [2.05, 4.69) is 23.4 Å². The summed E-state index contributed by atoms with van der Waals surface area (Å²) in [6.07, 6.45) is 13.2. The van der Waals surface area contributed by atoms with Gasteiger partial charge in [0.25, 0.3) is 0 Å². The SMILES string of the molecule is CCCN1CCCC(NCCCCCCSC)CC1. The molecule has 0 aromatic carbocycles. The van der Waals surface area contributed by atoms with Gasteiger partial charge in [-0.15, -0.1) is 0 Å². The molecule has 1 saturated heterocycles. The molecule has 1 atom stereocenters. The zero-order valence-electron chi connectivity index (χ0n) is 13.1. The minimum absolute atomic E-state index is 0.785. The van der Waals surface area contributed by atoms with Crippen LogP contribution in [0.15, 0.2) is 0 Å². The molecule has 0 saturated carbocycles. The van der Waals surface area contributed by atoms with Crippen LogP contribution in [0.3, 0.4) is 0 Å². The molecule has 1 heterocycles. The van der Waals surface area contributed by atoms with E-state index in [1.165, 1.54) is 83.3 Å². The van der Waals surface area contributed by atoms with Gasteiger partial charge >= 0.3 is 0 Å². The number of nitrogens with one attached hydrogen (secondary N) is 1. The topological polar surface area (TPSA) is 15.3 Å². The van der Waals surface area contributed by atoms with Crippen molar-refractivity contribution in [1.82, 2.24) is 10.2 Å². The van der Waals surface area contributed by atoms with Crippen LogP contribution in [-0.2, 0) is 0 Å². The van der Waals surface area contributed by atoms with E-state index in [0.717, 1.165) is 6.04 Å². The molecule has 19 heavy (non-hydrogen) atoms. The van der Waals surface area contributed by atoms with Crippen LogP contribution in [0.5, 0.6) is 0 Å². The molecular formula is C16H34N2S. The maximum atomic E-state index is 3.78. The Morgan fingerprint density at radius 1 is 1.11 bits per heavy atom. The Bertz CT molecular complexity index is 199. The average molecular weight is 287 g/mol. The van der Waals surface area contributed by atoms with E-state index in [1.54, 1.807) is 0 Å². The Morgan fingerprint density at radius 2 is 1.95 bits per heavy atom. The number of hydrogen-bond acceptors (Lipinski definition) is 3. The number of rotatable bonds is 10. The lowest BCUT2D eigenvalue weighted by Crippen LogP contribution is -2.31. The predicted molar refractivity (Wildman–Crippen MR) is 89.2 cm³/mol. The molecule has 1 N–H and O–H groups in total. The van der Waals surface area contributed by atoms with Crippen LogP contribution in [0.1, 0.15) is 58.3 Å². The smallest absolute Gasteiger partial charge is 0.00797 e. The average Bonchev–Trinajstić information content (AvgIpc) is 2.64. The molecule has 0 aliphatic carbocycles. The second kappa shape index (κ2) is 12.0. The largest absolute Gasteiger partial charge is 0.314 e. The Balaban J connectivity index is 1.97. The normalized spacial score (nSPS) is 21.5. The van der Waals surface area contributed by atoms with Crippen LogP contribution in [0.25, 0.3) is 0 Å². The van der Waals surface area contributed by atoms with Crippen molar-refractivity contribution in [2.75, 3.05) is 38.2 Å². The summed E-state index contributed by atoms with van der Waals surface area (Å²) in [6, 6.07) is 0.785. The molecule has 1 aliphatic heterocycles. The molecule has 114 valence electrons. The lowest BCUT2D eigenvalue weighted by Gasteiger charge is -2.19. The first kappa shape index (κ1) is 17.3. The first-order valence-electron chi connectivity index (χ1n) is 8.31. The van der Waals surface area contributed by atoms with Gasteiger partial charge in [-0.05, 0) is 76.7 Å². The van der Waals surface area contributed by atoms with Crippen molar-refractivity contribution in [2.45, 2.75) is 64.3 Å². The van der Waals surface area contributed by atoms with Crippen molar-refractivity contribution >= 4 is 11.8 Å². The molecule has 0 spiro atoms. The molecule has 3 heteroatoms. The van der Waals surface area contributed by atoms with Crippen molar-refractivity contribution in [3.63, 3.8) is 0 Å². The maximum absolute atomic E-state index is 3.78. The van der Waals surface area contributed by atoms with Gasteiger partial charge in [0, 0.05) is 6.04 Å². The fraction of sp³-hybridized carbons (Fsp3) is 1.00. The van der Waals surface area contributed by atoms with Crippen molar-refractivity contribution in [1.29, 1.82) is 0 Å². The van der Waals surface area contributed by atoms with E-state index in [1.807, 2.05) is 11.8 Å².